The summed E-state index contributed by atoms with van der Waals surface area (Å²) in [6.45, 7) is 0.906. The van der Waals surface area contributed by atoms with Crippen molar-refractivity contribution in [3.63, 3.8) is 0 Å². The van der Waals surface area contributed by atoms with Crippen LogP contribution in [0.25, 0.3) is 22.6 Å². The van der Waals surface area contributed by atoms with Gasteiger partial charge in [-0.05, 0) is 42.7 Å². The van der Waals surface area contributed by atoms with Crippen LogP contribution in [0.5, 0.6) is 0 Å². The molecule has 33 heavy (non-hydrogen) atoms. The first-order valence-electron chi connectivity index (χ1n) is 10.8. The molecule has 0 bridgehead atoms. The third-order valence-electron chi connectivity index (χ3n) is 5.81. The number of benzene rings is 2. The van der Waals surface area contributed by atoms with Crippen LogP contribution in [-0.2, 0) is 0 Å². The average Bonchev–Trinajstić information content (AvgIpc) is 3.35. The Bertz CT molecular complexity index is 1350. The SMILES string of the molecule is O=C(c1ccc(-c2ccccc2)[nH]c1=O)N1CCC[C@@H](c2nc(-c3cccc(F)c3)no2)C1. The Morgan fingerprint density at radius 2 is 1.88 bits per heavy atom. The third-order valence-corrected chi connectivity index (χ3v) is 5.81. The number of nitrogens with zero attached hydrogens (tertiary/aromatic N) is 3. The minimum absolute atomic E-state index is 0.0984. The van der Waals surface area contributed by atoms with Crippen molar-refractivity contribution in [1.82, 2.24) is 20.0 Å². The molecule has 2 aromatic heterocycles. The summed E-state index contributed by atoms with van der Waals surface area (Å²) < 4.78 is 18.9. The van der Waals surface area contributed by atoms with Crippen molar-refractivity contribution < 1.29 is 13.7 Å². The monoisotopic (exact) mass is 444 g/mol. The van der Waals surface area contributed by atoms with Crippen LogP contribution in [0.4, 0.5) is 4.39 Å². The van der Waals surface area contributed by atoms with Crippen LogP contribution in [0, 0.1) is 5.82 Å². The van der Waals surface area contributed by atoms with Gasteiger partial charge in [0.1, 0.15) is 11.4 Å². The Labute approximate surface area is 188 Å². The fourth-order valence-corrected chi connectivity index (χ4v) is 4.11. The summed E-state index contributed by atoms with van der Waals surface area (Å²) in [6.07, 6.45) is 1.52. The van der Waals surface area contributed by atoms with Gasteiger partial charge in [0.2, 0.25) is 11.7 Å². The number of hydrogen-bond acceptors (Lipinski definition) is 5. The van der Waals surface area contributed by atoms with Crippen molar-refractivity contribution in [2.24, 2.45) is 0 Å². The maximum Gasteiger partial charge on any atom is 0.261 e. The van der Waals surface area contributed by atoms with Gasteiger partial charge < -0.3 is 14.4 Å². The molecule has 2 aromatic carbocycles. The maximum absolute atomic E-state index is 13.5. The van der Waals surface area contributed by atoms with Crippen molar-refractivity contribution in [2.45, 2.75) is 18.8 Å². The Hall–Kier alpha value is -4.07. The van der Waals surface area contributed by atoms with E-state index in [9.17, 15) is 14.0 Å². The highest BCUT2D eigenvalue weighted by molar-refractivity contribution is 5.94. The van der Waals surface area contributed by atoms with Gasteiger partial charge in [-0.3, -0.25) is 9.59 Å². The van der Waals surface area contributed by atoms with Crippen molar-refractivity contribution in [3.05, 3.63) is 94.4 Å². The van der Waals surface area contributed by atoms with E-state index in [1.165, 1.54) is 12.1 Å². The second-order valence-electron chi connectivity index (χ2n) is 8.04. The molecule has 1 amide bonds. The number of rotatable bonds is 4. The van der Waals surface area contributed by atoms with Gasteiger partial charge in [-0.15, -0.1) is 0 Å². The minimum atomic E-state index is -0.422. The highest BCUT2D eigenvalue weighted by Crippen LogP contribution is 2.28. The highest BCUT2D eigenvalue weighted by atomic mass is 19.1. The Morgan fingerprint density at radius 3 is 2.67 bits per heavy atom. The summed E-state index contributed by atoms with van der Waals surface area (Å²) in [5.41, 5.74) is 1.73. The lowest BCUT2D eigenvalue weighted by Crippen LogP contribution is -2.41. The lowest BCUT2D eigenvalue weighted by atomic mass is 9.97. The van der Waals surface area contributed by atoms with Gasteiger partial charge in [0.05, 0.1) is 5.92 Å². The molecule has 1 N–H and O–H groups in total. The molecule has 0 aliphatic carbocycles. The van der Waals surface area contributed by atoms with Crippen molar-refractivity contribution >= 4 is 5.91 Å². The highest BCUT2D eigenvalue weighted by Gasteiger charge is 2.30. The lowest BCUT2D eigenvalue weighted by molar-refractivity contribution is 0.0694. The first-order valence-corrected chi connectivity index (χ1v) is 10.8. The Balaban J connectivity index is 1.33. The molecular formula is C25H21FN4O3. The predicted molar refractivity (Wildman–Crippen MR) is 120 cm³/mol. The zero-order chi connectivity index (χ0) is 22.8. The summed E-state index contributed by atoms with van der Waals surface area (Å²) in [7, 11) is 0. The molecule has 0 spiro atoms. The number of piperidine rings is 1. The summed E-state index contributed by atoms with van der Waals surface area (Å²) in [5, 5.41) is 3.97. The second-order valence-corrected chi connectivity index (χ2v) is 8.04. The van der Waals surface area contributed by atoms with E-state index in [2.05, 4.69) is 15.1 Å². The first kappa shape index (κ1) is 20.8. The molecule has 0 radical (unpaired) electrons. The van der Waals surface area contributed by atoms with Crippen LogP contribution in [0.15, 0.2) is 76.0 Å². The van der Waals surface area contributed by atoms with E-state index in [-0.39, 0.29) is 23.2 Å². The standard InChI is InChI=1S/C25H21FN4O3/c26-19-10-4-8-17(14-19)22-28-24(33-29-22)18-9-5-13-30(15-18)25(32)20-11-12-21(27-23(20)31)16-6-2-1-3-7-16/h1-4,6-8,10-12,14,18H,5,9,13,15H2,(H,27,31)/t18-/m1/s1. The van der Waals surface area contributed by atoms with Gasteiger partial charge in [-0.1, -0.05) is 47.6 Å². The summed E-state index contributed by atoms with van der Waals surface area (Å²) in [6, 6.07) is 18.8. The van der Waals surface area contributed by atoms with Gasteiger partial charge >= 0.3 is 0 Å². The fourth-order valence-electron chi connectivity index (χ4n) is 4.11. The number of pyridine rings is 1. The summed E-state index contributed by atoms with van der Waals surface area (Å²) >= 11 is 0. The summed E-state index contributed by atoms with van der Waals surface area (Å²) in [5.74, 6) is -0.150. The first-order chi connectivity index (χ1) is 16.1. The van der Waals surface area contributed by atoms with Crippen LogP contribution < -0.4 is 5.56 Å². The van der Waals surface area contributed by atoms with Gasteiger partial charge in [-0.2, -0.15) is 4.98 Å². The van der Waals surface area contributed by atoms with Crippen molar-refractivity contribution in [3.8, 4) is 22.6 Å². The average molecular weight is 444 g/mol. The van der Waals surface area contributed by atoms with E-state index in [1.807, 2.05) is 30.3 Å². The number of carbonyl (C=O) groups excluding carboxylic acids is 1. The number of aromatic amines is 1. The van der Waals surface area contributed by atoms with Gasteiger partial charge in [0.25, 0.3) is 11.5 Å². The van der Waals surface area contributed by atoms with Crippen LogP contribution in [-0.4, -0.2) is 39.0 Å². The number of amides is 1. The lowest BCUT2D eigenvalue weighted by Gasteiger charge is -2.30. The van der Waals surface area contributed by atoms with E-state index < -0.39 is 5.56 Å². The predicted octanol–water partition coefficient (Wildman–Crippen LogP) is 4.25. The molecule has 3 heterocycles. The Kier molecular flexibility index (Phi) is 5.56. The molecule has 1 aliphatic heterocycles. The van der Waals surface area contributed by atoms with Crippen molar-refractivity contribution in [2.75, 3.05) is 13.1 Å². The van der Waals surface area contributed by atoms with E-state index >= 15 is 0 Å². The molecule has 1 aliphatic rings. The summed E-state index contributed by atoms with van der Waals surface area (Å²) in [4.78, 5) is 34.6. The molecule has 7 nitrogen and oxygen atoms in total. The fraction of sp³-hybridized carbons (Fsp3) is 0.200. The number of H-pyrrole nitrogens is 1. The number of likely N-dealkylation sites (tertiary alicyclic amines) is 1. The van der Waals surface area contributed by atoms with Crippen LogP contribution in [0.2, 0.25) is 0 Å². The van der Waals surface area contributed by atoms with E-state index in [4.69, 9.17) is 4.52 Å². The molecule has 4 aromatic rings. The van der Waals surface area contributed by atoms with Crippen LogP contribution in [0.1, 0.15) is 35.0 Å². The topological polar surface area (TPSA) is 92.1 Å². The smallest absolute Gasteiger partial charge is 0.261 e. The molecule has 8 heteroatoms. The number of aromatic nitrogens is 3. The quantitative estimate of drug-likeness (QED) is 0.508. The maximum atomic E-state index is 13.5. The molecule has 1 fully saturated rings. The van der Waals surface area contributed by atoms with Gasteiger partial charge in [0.15, 0.2) is 0 Å². The molecule has 0 saturated carbocycles. The number of halogens is 1. The van der Waals surface area contributed by atoms with Gasteiger partial charge in [-0.25, -0.2) is 4.39 Å². The molecule has 5 rings (SSSR count). The van der Waals surface area contributed by atoms with Gasteiger partial charge in [0, 0.05) is 24.3 Å². The Morgan fingerprint density at radius 1 is 1.06 bits per heavy atom. The van der Waals surface area contributed by atoms with E-state index in [0.29, 0.717) is 36.1 Å². The minimum Gasteiger partial charge on any atom is -0.339 e. The molecular weight excluding hydrogens is 423 g/mol. The normalized spacial score (nSPS) is 16.0. The molecule has 0 unspecified atom stereocenters. The number of nitrogens with one attached hydrogen (secondary N) is 1. The molecule has 1 saturated heterocycles. The zero-order valence-corrected chi connectivity index (χ0v) is 17.7. The number of hydrogen-bond donors (Lipinski definition) is 1. The van der Waals surface area contributed by atoms with Crippen LogP contribution in [0.3, 0.4) is 0 Å². The van der Waals surface area contributed by atoms with Crippen molar-refractivity contribution in [1.29, 1.82) is 0 Å². The third kappa shape index (κ3) is 4.32. The van der Waals surface area contributed by atoms with E-state index in [0.717, 1.165) is 18.4 Å². The molecule has 1 atom stereocenters. The van der Waals surface area contributed by atoms with E-state index in [1.54, 1.807) is 29.2 Å². The van der Waals surface area contributed by atoms with Crippen LogP contribution >= 0.6 is 0 Å². The molecule has 166 valence electrons. The largest absolute Gasteiger partial charge is 0.339 e. The second kappa shape index (κ2) is 8.82. The number of carbonyl (C=O) groups is 1. The zero-order valence-electron chi connectivity index (χ0n) is 17.7.